The highest BCUT2D eigenvalue weighted by molar-refractivity contribution is 5.78. The van der Waals surface area contributed by atoms with Crippen molar-refractivity contribution in [1.82, 2.24) is 0 Å². The number of benzene rings is 2. The van der Waals surface area contributed by atoms with Crippen LogP contribution in [0.1, 0.15) is 164 Å². The van der Waals surface area contributed by atoms with Gasteiger partial charge in [0, 0.05) is 12.8 Å². The minimum atomic E-state index is 0.529. The monoisotopic (exact) mass is 542 g/mol. The molecule has 0 unspecified atom stereocenters. The second-order valence-corrected chi connectivity index (χ2v) is 13.4. The van der Waals surface area contributed by atoms with Crippen molar-refractivity contribution in [2.45, 2.75) is 154 Å². The number of carbonyl (C=O) groups is 1. The second kappa shape index (κ2) is 17.2. The van der Waals surface area contributed by atoms with Crippen molar-refractivity contribution >= 4 is 5.78 Å². The summed E-state index contributed by atoms with van der Waals surface area (Å²) in [4.78, 5) is 12.8. The fourth-order valence-electron chi connectivity index (χ4n) is 7.50. The van der Waals surface area contributed by atoms with E-state index in [0.717, 1.165) is 49.4 Å². The number of Topliss-reactive ketones (excluding diaryl/α,β-unsaturated/α-hetero) is 1. The molecule has 0 spiro atoms. The van der Waals surface area contributed by atoms with Crippen molar-refractivity contribution in [1.29, 1.82) is 0 Å². The highest BCUT2D eigenvalue weighted by Gasteiger charge is 2.25. The smallest absolute Gasteiger partial charge is 0.132 e. The van der Waals surface area contributed by atoms with Crippen LogP contribution in [0, 0.1) is 11.8 Å². The van der Waals surface area contributed by atoms with Gasteiger partial charge < -0.3 is 0 Å². The molecule has 220 valence electrons. The standard InChI is InChI=1S/C39H58O/c1-3-5-7-9-31-11-21-35(22-12-31)37-25-15-33(16-26-37)19-29-39(40)30-20-34-17-27-38(28-18-34)36-23-13-32(14-24-36)10-8-6-4-2/h11-14,21-24,33-34,37-38H,3-10,15-20,25-30H2,1-2H3/t33-,34?,37-,38?. The normalized spacial score (nSPS) is 23.2. The Balaban J connectivity index is 1.07. The SMILES string of the molecule is CCCCCc1ccc(C2CCC(CCC(=O)CC[C@H]3CC[C@H](c4ccc(CCCCC)cc4)CC3)CC2)cc1. The van der Waals surface area contributed by atoms with Crippen LogP contribution in [0.25, 0.3) is 0 Å². The lowest BCUT2D eigenvalue weighted by Gasteiger charge is -2.29. The van der Waals surface area contributed by atoms with Gasteiger partial charge in [-0.15, -0.1) is 0 Å². The number of unbranched alkanes of at least 4 members (excludes halogenated alkanes) is 4. The molecule has 0 radical (unpaired) electrons. The van der Waals surface area contributed by atoms with E-state index in [1.54, 1.807) is 11.1 Å². The van der Waals surface area contributed by atoms with Crippen LogP contribution in [0.2, 0.25) is 0 Å². The molecule has 0 saturated heterocycles. The summed E-state index contributed by atoms with van der Waals surface area (Å²) >= 11 is 0. The molecule has 2 aliphatic carbocycles. The molecule has 0 bridgehead atoms. The molecule has 0 atom stereocenters. The van der Waals surface area contributed by atoms with Gasteiger partial charge in [0.1, 0.15) is 5.78 Å². The van der Waals surface area contributed by atoms with Crippen LogP contribution < -0.4 is 0 Å². The molecule has 1 nitrogen and oxygen atoms in total. The molecular weight excluding hydrogens is 484 g/mol. The Kier molecular flexibility index (Phi) is 13.3. The molecule has 2 aromatic rings. The van der Waals surface area contributed by atoms with E-state index in [2.05, 4.69) is 62.4 Å². The Morgan fingerprint density at radius 3 is 1.27 bits per heavy atom. The zero-order valence-electron chi connectivity index (χ0n) is 26.0. The molecule has 1 heteroatoms. The molecule has 2 saturated carbocycles. The van der Waals surface area contributed by atoms with Crippen molar-refractivity contribution in [3.05, 3.63) is 70.8 Å². The second-order valence-electron chi connectivity index (χ2n) is 13.4. The first-order valence-electron chi connectivity index (χ1n) is 17.3. The summed E-state index contributed by atoms with van der Waals surface area (Å²) in [7, 11) is 0. The third-order valence-corrected chi connectivity index (χ3v) is 10.4. The van der Waals surface area contributed by atoms with E-state index in [0.29, 0.717) is 5.78 Å². The third-order valence-electron chi connectivity index (χ3n) is 10.4. The molecule has 2 fully saturated rings. The maximum atomic E-state index is 12.8. The van der Waals surface area contributed by atoms with Gasteiger partial charge in [-0.05, 0) is 136 Å². The molecular formula is C39H58O. The number of hydrogen-bond acceptors (Lipinski definition) is 1. The minimum absolute atomic E-state index is 0.529. The van der Waals surface area contributed by atoms with Crippen LogP contribution in [-0.2, 0) is 17.6 Å². The molecule has 4 rings (SSSR count). The lowest BCUT2D eigenvalue weighted by molar-refractivity contribution is -0.119. The van der Waals surface area contributed by atoms with Crippen LogP contribution in [0.15, 0.2) is 48.5 Å². The van der Waals surface area contributed by atoms with Crippen molar-refractivity contribution in [2.75, 3.05) is 0 Å². The van der Waals surface area contributed by atoms with Gasteiger partial charge in [0.2, 0.25) is 0 Å². The summed E-state index contributed by atoms with van der Waals surface area (Å²) in [6, 6.07) is 19.1. The molecule has 2 aliphatic rings. The third kappa shape index (κ3) is 10.2. The highest BCUT2D eigenvalue weighted by atomic mass is 16.1. The molecule has 0 aromatic heterocycles. The Morgan fingerprint density at radius 2 is 0.925 bits per heavy atom. The van der Waals surface area contributed by atoms with Crippen molar-refractivity contribution in [3.8, 4) is 0 Å². The van der Waals surface area contributed by atoms with Gasteiger partial charge >= 0.3 is 0 Å². The average Bonchev–Trinajstić information content (AvgIpc) is 3.00. The summed E-state index contributed by atoms with van der Waals surface area (Å²) in [6.45, 7) is 4.55. The Morgan fingerprint density at radius 1 is 0.550 bits per heavy atom. The number of ketones is 1. The van der Waals surface area contributed by atoms with Crippen molar-refractivity contribution < 1.29 is 4.79 Å². The van der Waals surface area contributed by atoms with Gasteiger partial charge in [-0.3, -0.25) is 4.79 Å². The molecule has 2 aromatic carbocycles. The Bertz CT molecular complexity index is 875. The fraction of sp³-hybridized carbons (Fsp3) is 0.667. The lowest BCUT2D eigenvalue weighted by atomic mass is 9.76. The Hall–Kier alpha value is -1.89. The predicted molar refractivity (Wildman–Crippen MR) is 172 cm³/mol. The highest BCUT2D eigenvalue weighted by Crippen LogP contribution is 2.39. The summed E-state index contributed by atoms with van der Waals surface area (Å²) < 4.78 is 0. The number of aryl methyl sites for hydroxylation is 2. The maximum Gasteiger partial charge on any atom is 0.132 e. The van der Waals surface area contributed by atoms with Gasteiger partial charge in [0.05, 0.1) is 0 Å². The molecule has 0 amide bonds. The average molecular weight is 543 g/mol. The quantitative estimate of drug-likeness (QED) is 0.193. The summed E-state index contributed by atoms with van der Waals surface area (Å²) in [6.07, 6.45) is 24.7. The molecule has 0 heterocycles. The summed E-state index contributed by atoms with van der Waals surface area (Å²) in [5, 5.41) is 0. The van der Waals surface area contributed by atoms with E-state index in [1.165, 1.54) is 114 Å². The lowest BCUT2D eigenvalue weighted by Crippen LogP contribution is -2.16. The first-order valence-corrected chi connectivity index (χ1v) is 17.3. The van der Waals surface area contributed by atoms with Crippen LogP contribution in [0.5, 0.6) is 0 Å². The Labute approximate surface area is 246 Å². The van der Waals surface area contributed by atoms with Gasteiger partial charge in [-0.25, -0.2) is 0 Å². The van der Waals surface area contributed by atoms with E-state index in [-0.39, 0.29) is 0 Å². The van der Waals surface area contributed by atoms with E-state index < -0.39 is 0 Å². The molecule has 40 heavy (non-hydrogen) atoms. The fourth-order valence-corrected chi connectivity index (χ4v) is 7.50. The summed E-state index contributed by atoms with van der Waals surface area (Å²) in [5.41, 5.74) is 6.09. The maximum absolute atomic E-state index is 12.8. The van der Waals surface area contributed by atoms with E-state index in [1.807, 2.05) is 0 Å². The van der Waals surface area contributed by atoms with E-state index in [4.69, 9.17) is 0 Å². The number of carbonyl (C=O) groups excluding carboxylic acids is 1. The van der Waals surface area contributed by atoms with Gasteiger partial charge in [0.15, 0.2) is 0 Å². The first-order chi connectivity index (χ1) is 19.6. The van der Waals surface area contributed by atoms with Crippen LogP contribution in [0.4, 0.5) is 0 Å². The van der Waals surface area contributed by atoms with Crippen LogP contribution >= 0.6 is 0 Å². The van der Waals surface area contributed by atoms with Crippen molar-refractivity contribution in [3.63, 3.8) is 0 Å². The molecule has 0 N–H and O–H groups in total. The van der Waals surface area contributed by atoms with Gasteiger partial charge in [0.25, 0.3) is 0 Å². The minimum Gasteiger partial charge on any atom is -0.300 e. The van der Waals surface area contributed by atoms with Crippen LogP contribution in [0.3, 0.4) is 0 Å². The molecule has 0 aliphatic heterocycles. The number of hydrogen-bond donors (Lipinski definition) is 0. The zero-order valence-corrected chi connectivity index (χ0v) is 26.0. The van der Waals surface area contributed by atoms with E-state index >= 15 is 0 Å². The first kappa shape index (κ1) is 31.1. The predicted octanol–water partition coefficient (Wildman–Crippen LogP) is 11.5. The number of rotatable bonds is 16. The largest absolute Gasteiger partial charge is 0.300 e. The van der Waals surface area contributed by atoms with Gasteiger partial charge in [-0.1, -0.05) is 88.1 Å². The topological polar surface area (TPSA) is 17.1 Å². The van der Waals surface area contributed by atoms with Gasteiger partial charge in [-0.2, -0.15) is 0 Å². The van der Waals surface area contributed by atoms with E-state index in [9.17, 15) is 4.79 Å². The zero-order chi connectivity index (χ0) is 28.0. The van der Waals surface area contributed by atoms with Crippen molar-refractivity contribution in [2.24, 2.45) is 11.8 Å². The van der Waals surface area contributed by atoms with Crippen LogP contribution in [-0.4, -0.2) is 5.78 Å². The summed E-state index contributed by atoms with van der Waals surface area (Å²) in [5.74, 6) is 3.52.